The normalized spacial score (nSPS) is 10.5. The molecule has 0 atom stereocenters. The van der Waals surface area contributed by atoms with Crippen molar-refractivity contribution in [3.63, 3.8) is 0 Å². The van der Waals surface area contributed by atoms with Crippen LogP contribution in [0, 0.1) is 11.3 Å². The maximum absolute atomic E-state index is 8.82. The third-order valence-corrected chi connectivity index (χ3v) is 2.92. The molecule has 0 saturated carbocycles. The average Bonchev–Trinajstić information content (AvgIpc) is 2.84. The van der Waals surface area contributed by atoms with Crippen molar-refractivity contribution in [2.75, 3.05) is 20.2 Å². The van der Waals surface area contributed by atoms with E-state index < -0.39 is 0 Å². The Morgan fingerprint density at radius 2 is 2.30 bits per heavy atom. The van der Waals surface area contributed by atoms with Gasteiger partial charge in [-0.25, -0.2) is 0 Å². The number of likely N-dealkylation sites (N-methyl/N-ethyl adjacent to an activating group) is 1. The van der Waals surface area contributed by atoms with Crippen LogP contribution < -0.4 is 4.74 Å². The number of benzene rings is 1. The van der Waals surface area contributed by atoms with Crippen LogP contribution >= 0.6 is 0 Å². The van der Waals surface area contributed by atoms with Gasteiger partial charge in [0.15, 0.2) is 0 Å². The number of nitrogens with zero attached hydrogens (tertiary/aromatic N) is 4. The van der Waals surface area contributed by atoms with E-state index in [0.29, 0.717) is 12.2 Å². The van der Waals surface area contributed by atoms with Crippen LogP contribution in [-0.4, -0.2) is 34.9 Å². The molecule has 0 amide bonds. The Labute approximate surface area is 119 Å². The van der Waals surface area contributed by atoms with Crippen LogP contribution in [0.2, 0.25) is 0 Å². The number of rotatable bonds is 6. The Hall–Kier alpha value is -2.32. The van der Waals surface area contributed by atoms with Crippen LogP contribution in [0.25, 0.3) is 0 Å². The largest absolute Gasteiger partial charge is 0.492 e. The highest BCUT2D eigenvalue weighted by Gasteiger charge is 2.03. The first-order chi connectivity index (χ1) is 9.67. The van der Waals surface area contributed by atoms with Gasteiger partial charge >= 0.3 is 0 Å². The van der Waals surface area contributed by atoms with Crippen molar-refractivity contribution in [2.24, 2.45) is 7.05 Å². The number of nitriles is 1. The summed E-state index contributed by atoms with van der Waals surface area (Å²) in [5.74, 6) is 0.735. The molecule has 0 N–H and O–H groups in total. The summed E-state index contributed by atoms with van der Waals surface area (Å²) in [5, 5.41) is 13.0. The van der Waals surface area contributed by atoms with Crippen molar-refractivity contribution >= 4 is 0 Å². The van der Waals surface area contributed by atoms with Crippen molar-refractivity contribution in [3.8, 4) is 11.8 Å². The highest BCUT2D eigenvalue weighted by molar-refractivity contribution is 5.36. The summed E-state index contributed by atoms with van der Waals surface area (Å²) in [5.41, 5.74) is 1.80. The van der Waals surface area contributed by atoms with Gasteiger partial charge in [0.1, 0.15) is 12.4 Å². The summed E-state index contributed by atoms with van der Waals surface area (Å²) in [4.78, 5) is 2.17. The van der Waals surface area contributed by atoms with Gasteiger partial charge in [0.05, 0.1) is 17.8 Å². The molecule has 0 radical (unpaired) electrons. The third kappa shape index (κ3) is 4.11. The standard InChI is InChI=1S/C15H18N4O/c1-18(11-14-10-17-19(2)12-14)6-7-20-15-5-3-4-13(8-15)9-16/h3-5,8,10,12H,6-7,11H2,1-2H3. The zero-order valence-electron chi connectivity index (χ0n) is 11.8. The minimum absolute atomic E-state index is 0.589. The lowest BCUT2D eigenvalue weighted by atomic mass is 10.2. The molecule has 20 heavy (non-hydrogen) atoms. The SMILES string of the molecule is CN(CCOc1cccc(C#N)c1)Cc1cnn(C)c1. The molecule has 2 rings (SSSR count). The molecule has 0 fully saturated rings. The molecule has 0 aliphatic heterocycles. The van der Waals surface area contributed by atoms with E-state index in [1.54, 1.807) is 16.8 Å². The van der Waals surface area contributed by atoms with E-state index in [4.69, 9.17) is 10.00 Å². The number of hydrogen-bond acceptors (Lipinski definition) is 4. The summed E-state index contributed by atoms with van der Waals surface area (Å²) in [6, 6.07) is 9.31. The van der Waals surface area contributed by atoms with Crippen LogP contribution in [0.3, 0.4) is 0 Å². The fourth-order valence-electron chi connectivity index (χ4n) is 1.92. The predicted molar refractivity (Wildman–Crippen MR) is 76.2 cm³/mol. The number of ether oxygens (including phenoxy) is 1. The van der Waals surface area contributed by atoms with E-state index >= 15 is 0 Å². The summed E-state index contributed by atoms with van der Waals surface area (Å²) < 4.78 is 7.45. The molecule has 0 saturated heterocycles. The van der Waals surface area contributed by atoms with Gasteiger partial charge in [0, 0.05) is 31.9 Å². The Morgan fingerprint density at radius 1 is 1.45 bits per heavy atom. The molecule has 1 aromatic heterocycles. The summed E-state index contributed by atoms with van der Waals surface area (Å²) in [6.45, 7) is 2.24. The first kappa shape index (κ1) is 14.1. The average molecular weight is 270 g/mol. The van der Waals surface area contributed by atoms with Crippen molar-refractivity contribution < 1.29 is 4.74 Å². The first-order valence-corrected chi connectivity index (χ1v) is 6.46. The molecule has 0 spiro atoms. The van der Waals surface area contributed by atoms with E-state index in [0.717, 1.165) is 18.8 Å². The molecule has 2 aromatic rings. The van der Waals surface area contributed by atoms with Crippen molar-refractivity contribution in [1.82, 2.24) is 14.7 Å². The van der Waals surface area contributed by atoms with Gasteiger partial charge in [-0.3, -0.25) is 9.58 Å². The van der Waals surface area contributed by atoms with Crippen LogP contribution in [-0.2, 0) is 13.6 Å². The first-order valence-electron chi connectivity index (χ1n) is 6.46. The molecule has 0 bridgehead atoms. The summed E-state index contributed by atoms with van der Waals surface area (Å²) >= 11 is 0. The Kier molecular flexibility index (Phi) is 4.75. The molecule has 104 valence electrons. The van der Waals surface area contributed by atoms with Crippen molar-refractivity contribution in [1.29, 1.82) is 5.26 Å². The van der Waals surface area contributed by atoms with E-state index in [1.165, 1.54) is 5.56 Å². The second-order valence-electron chi connectivity index (χ2n) is 4.75. The molecular formula is C15H18N4O. The fraction of sp³-hybridized carbons (Fsp3) is 0.333. The van der Waals surface area contributed by atoms with Gasteiger partial charge in [-0.15, -0.1) is 0 Å². The highest BCUT2D eigenvalue weighted by atomic mass is 16.5. The second-order valence-corrected chi connectivity index (χ2v) is 4.75. The number of hydrogen-bond donors (Lipinski definition) is 0. The molecule has 5 nitrogen and oxygen atoms in total. The monoisotopic (exact) mass is 270 g/mol. The molecule has 5 heteroatoms. The summed E-state index contributed by atoms with van der Waals surface area (Å²) in [7, 11) is 3.96. The minimum atomic E-state index is 0.589. The molecule has 1 aromatic carbocycles. The fourth-order valence-corrected chi connectivity index (χ4v) is 1.92. The Balaban J connectivity index is 1.76. The predicted octanol–water partition coefficient (Wildman–Crippen LogP) is 1.80. The maximum atomic E-state index is 8.82. The van der Waals surface area contributed by atoms with E-state index in [1.807, 2.05) is 38.6 Å². The van der Waals surface area contributed by atoms with E-state index in [9.17, 15) is 0 Å². The molecule has 1 heterocycles. The zero-order valence-corrected chi connectivity index (χ0v) is 11.8. The smallest absolute Gasteiger partial charge is 0.120 e. The van der Waals surface area contributed by atoms with Gasteiger partial charge in [-0.1, -0.05) is 6.07 Å². The second kappa shape index (κ2) is 6.73. The zero-order chi connectivity index (χ0) is 14.4. The van der Waals surface area contributed by atoms with Gasteiger partial charge < -0.3 is 4.74 Å². The van der Waals surface area contributed by atoms with Crippen molar-refractivity contribution in [3.05, 3.63) is 47.8 Å². The lowest BCUT2D eigenvalue weighted by Crippen LogP contribution is -2.23. The number of aromatic nitrogens is 2. The third-order valence-electron chi connectivity index (χ3n) is 2.92. The minimum Gasteiger partial charge on any atom is -0.492 e. The lowest BCUT2D eigenvalue weighted by molar-refractivity contribution is 0.233. The maximum Gasteiger partial charge on any atom is 0.120 e. The van der Waals surface area contributed by atoms with Gasteiger partial charge in [0.25, 0.3) is 0 Å². The van der Waals surface area contributed by atoms with Crippen LogP contribution in [0.4, 0.5) is 0 Å². The van der Waals surface area contributed by atoms with Gasteiger partial charge in [-0.05, 0) is 25.2 Å². The van der Waals surface area contributed by atoms with E-state index in [-0.39, 0.29) is 0 Å². The lowest BCUT2D eigenvalue weighted by Gasteiger charge is -2.16. The van der Waals surface area contributed by atoms with Crippen LogP contribution in [0.1, 0.15) is 11.1 Å². The van der Waals surface area contributed by atoms with Gasteiger partial charge in [0.2, 0.25) is 0 Å². The Morgan fingerprint density at radius 3 is 3.00 bits per heavy atom. The molecule has 0 aliphatic carbocycles. The van der Waals surface area contributed by atoms with Crippen LogP contribution in [0.5, 0.6) is 5.75 Å². The van der Waals surface area contributed by atoms with Crippen molar-refractivity contribution in [2.45, 2.75) is 6.54 Å². The van der Waals surface area contributed by atoms with E-state index in [2.05, 4.69) is 16.1 Å². The topological polar surface area (TPSA) is 54.1 Å². The highest BCUT2D eigenvalue weighted by Crippen LogP contribution is 2.12. The molecular weight excluding hydrogens is 252 g/mol. The number of aryl methyl sites for hydroxylation is 1. The quantitative estimate of drug-likeness (QED) is 0.803. The molecule has 0 unspecified atom stereocenters. The summed E-state index contributed by atoms with van der Waals surface area (Å²) in [6.07, 6.45) is 3.88. The Bertz CT molecular complexity index is 600. The van der Waals surface area contributed by atoms with Crippen LogP contribution in [0.15, 0.2) is 36.7 Å². The van der Waals surface area contributed by atoms with Gasteiger partial charge in [-0.2, -0.15) is 10.4 Å². The molecule has 0 aliphatic rings.